The third-order valence-electron chi connectivity index (χ3n) is 3.15. The quantitative estimate of drug-likeness (QED) is 0.614. The minimum atomic E-state index is 0.521. The molecule has 1 heterocycles. The highest BCUT2D eigenvalue weighted by molar-refractivity contribution is 7.98. The van der Waals surface area contributed by atoms with E-state index in [1.807, 2.05) is 0 Å². The number of benzene rings is 1. The Morgan fingerprint density at radius 2 is 2.29 bits per heavy atom. The molecule has 1 aromatic rings. The van der Waals surface area contributed by atoms with Crippen molar-refractivity contribution < 1.29 is 4.74 Å². The summed E-state index contributed by atoms with van der Waals surface area (Å²) in [5.74, 6) is 0. The Labute approximate surface area is 108 Å². The van der Waals surface area contributed by atoms with Crippen LogP contribution in [0.3, 0.4) is 0 Å². The molecule has 94 valence electrons. The van der Waals surface area contributed by atoms with Gasteiger partial charge in [-0.05, 0) is 44.1 Å². The van der Waals surface area contributed by atoms with Crippen LogP contribution >= 0.6 is 11.8 Å². The van der Waals surface area contributed by atoms with Gasteiger partial charge >= 0.3 is 0 Å². The Kier molecular flexibility index (Phi) is 5.20. The van der Waals surface area contributed by atoms with Crippen LogP contribution in [-0.2, 0) is 4.74 Å². The van der Waals surface area contributed by atoms with Gasteiger partial charge in [0, 0.05) is 23.7 Å². The average Bonchev–Trinajstić information content (AvgIpc) is 2.88. The number of hydrogen-bond donors (Lipinski definition) is 1. The number of hydrogen-bond acceptors (Lipinski definition) is 3. The fourth-order valence-corrected chi connectivity index (χ4v) is 2.79. The lowest BCUT2D eigenvalue weighted by molar-refractivity contribution is 0.103. The Bertz CT molecular complexity index is 337. The fraction of sp³-hybridized carbons (Fsp3) is 0.571. The molecule has 3 heteroatoms. The molecule has 2 nitrogen and oxygen atoms in total. The van der Waals surface area contributed by atoms with Crippen molar-refractivity contribution in [2.45, 2.75) is 36.7 Å². The molecule has 1 aliphatic heterocycles. The van der Waals surface area contributed by atoms with Crippen molar-refractivity contribution in [3.8, 4) is 0 Å². The zero-order chi connectivity index (χ0) is 11.9. The van der Waals surface area contributed by atoms with Gasteiger partial charge in [0.15, 0.2) is 0 Å². The van der Waals surface area contributed by atoms with Gasteiger partial charge in [-0.25, -0.2) is 0 Å². The van der Waals surface area contributed by atoms with Crippen LogP contribution in [0.5, 0.6) is 0 Å². The third-order valence-corrected chi connectivity index (χ3v) is 3.95. The van der Waals surface area contributed by atoms with Crippen LogP contribution in [0.4, 0.5) is 5.69 Å². The second-order valence-electron chi connectivity index (χ2n) is 4.40. The van der Waals surface area contributed by atoms with E-state index in [0.29, 0.717) is 6.10 Å². The van der Waals surface area contributed by atoms with E-state index in [-0.39, 0.29) is 0 Å². The first-order chi connectivity index (χ1) is 8.40. The van der Waals surface area contributed by atoms with E-state index in [1.54, 1.807) is 11.8 Å². The summed E-state index contributed by atoms with van der Waals surface area (Å²) >= 11 is 1.79. The minimum Gasteiger partial charge on any atom is -0.384 e. The van der Waals surface area contributed by atoms with Crippen LogP contribution in [-0.4, -0.2) is 25.5 Å². The number of para-hydroxylation sites is 1. The molecule has 2 rings (SSSR count). The Hall–Kier alpha value is -0.670. The van der Waals surface area contributed by atoms with Gasteiger partial charge in [0.25, 0.3) is 0 Å². The maximum atomic E-state index is 5.62. The summed E-state index contributed by atoms with van der Waals surface area (Å²) in [5, 5.41) is 3.51. The molecular formula is C14H21NOS. The predicted octanol–water partition coefficient (Wildman–Crippen LogP) is 3.78. The first-order valence-electron chi connectivity index (χ1n) is 6.38. The van der Waals surface area contributed by atoms with Crippen LogP contribution in [0.2, 0.25) is 0 Å². The van der Waals surface area contributed by atoms with Crippen LogP contribution in [0.25, 0.3) is 0 Å². The van der Waals surface area contributed by atoms with Crippen LogP contribution in [0.1, 0.15) is 25.7 Å². The van der Waals surface area contributed by atoms with Crippen molar-refractivity contribution in [3.05, 3.63) is 24.3 Å². The first kappa shape index (κ1) is 12.8. The van der Waals surface area contributed by atoms with E-state index in [4.69, 9.17) is 4.74 Å². The van der Waals surface area contributed by atoms with Crippen molar-refractivity contribution in [2.24, 2.45) is 0 Å². The van der Waals surface area contributed by atoms with Crippen molar-refractivity contribution in [3.63, 3.8) is 0 Å². The minimum absolute atomic E-state index is 0.521. The number of thioether (sulfide) groups is 1. The van der Waals surface area contributed by atoms with E-state index < -0.39 is 0 Å². The monoisotopic (exact) mass is 251 g/mol. The SMILES string of the molecule is CSc1ccccc1NCCCC1CCCO1. The molecule has 1 unspecified atom stereocenters. The van der Waals surface area contributed by atoms with E-state index in [9.17, 15) is 0 Å². The van der Waals surface area contributed by atoms with E-state index in [0.717, 1.165) is 13.2 Å². The topological polar surface area (TPSA) is 21.3 Å². The molecule has 0 aromatic heterocycles. The highest BCUT2D eigenvalue weighted by Gasteiger charge is 2.14. The molecule has 0 bridgehead atoms. The molecule has 1 atom stereocenters. The lowest BCUT2D eigenvalue weighted by Gasteiger charge is -2.12. The Morgan fingerprint density at radius 3 is 3.06 bits per heavy atom. The largest absolute Gasteiger partial charge is 0.384 e. The standard InChI is InChI=1S/C14H21NOS/c1-17-14-9-3-2-8-13(14)15-10-4-6-12-7-5-11-16-12/h2-3,8-9,12,15H,4-7,10-11H2,1H3. The zero-order valence-corrected chi connectivity index (χ0v) is 11.3. The average molecular weight is 251 g/mol. The van der Waals surface area contributed by atoms with Gasteiger partial charge in [0.2, 0.25) is 0 Å². The maximum Gasteiger partial charge on any atom is 0.0576 e. The maximum absolute atomic E-state index is 5.62. The van der Waals surface area contributed by atoms with E-state index >= 15 is 0 Å². The first-order valence-corrected chi connectivity index (χ1v) is 7.61. The van der Waals surface area contributed by atoms with Gasteiger partial charge in [-0.15, -0.1) is 11.8 Å². The molecule has 17 heavy (non-hydrogen) atoms. The normalized spacial score (nSPS) is 19.5. The molecule has 0 aliphatic carbocycles. The highest BCUT2D eigenvalue weighted by atomic mass is 32.2. The van der Waals surface area contributed by atoms with Crippen molar-refractivity contribution in [2.75, 3.05) is 24.7 Å². The summed E-state index contributed by atoms with van der Waals surface area (Å²) in [6.45, 7) is 2.00. The van der Waals surface area contributed by atoms with Crippen LogP contribution in [0, 0.1) is 0 Å². The molecule has 0 radical (unpaired) electrons. The molecule has 1 fully saturated rings. The van der Waals surface area contributed by atoms with Gasteiger partial charge in [-0.3, -0.25) is 0 Å². The molecular weight excluding hydrogens is 230 g/mol. The lowest BCUT2D eigenvalue weighted by Crippen LogP contribution is -2.09. The molecule has 1 aromatic carbocycles. The third kappa shape index (κ3) is 3.93. The summed E-state index contributed by atoms with van der Waals surface area (Å²) < 4.78 is 5.62. The van der Waals surface area contributed by atoms with E-state index in [1.165, 1.54) is 36.3 Å². The molecule has 0 amide bonds. The van der Waals surface area contributed by atoms with Crippen molar-refractivity contribution in [1.82, 2.24) is 0 Å². The number of nitrogens with one attached hydrogen (secondary N) is 1. The number of rotatable bonds is 6. The summed E-state index contributed by atoms with van der Waals surface area (Å²) in [5.41, 5.74) is 1.26. The summed E-state index contributed by atoms with van der Waals surface area (Å²) in [7, 11) is 0. The van der Waals surface area contributed by atoms with Gasteiger partial charge < -0.3 is 10.1 Å². The molecule has 0 saturated carbocycles. The van der Waals surface area contributed by atoms with Gasteiger partial charge in [0.05, 0.1) is 6.10 Å². The highest BCUT2D eigenvalue weighted by Crippen LogP contribution is 2.24. The van der Waals surface area contributed by atoms with Gasteiger partial charge in [-0.1, -0.05) is 12.1 Å². The molecule has 0 spiro atoms. The van der Waals surface area contributed by atoms with Gasteiger partial charge in [-0.2, -0.15) is 0 Å². The smallest absolute Gasteiger partial charge is 0.0576 e. The summed E-state index contributed by atoms with van der Waals surface area (Å²) in [6, 6.07) is 8.48. The second kappa shape index (κ2) is 6.92. The zero-order valence-electron chi connectivity index (χ0n) is 10.4. The van der Waals surface area contributed by atoms with Crippen LogP contribution in [0.15, 0.2) is 29.2 Å². The molecule has 1 saturated heterocycles. The van der Waals surface area contributed by atoms with Crippen molar-refractivity contribution in [1.29, 1.82) is 0 Å². The summed E-state index contributed by atoms with van der Waals surface area (Å²) in [6.07, 6.45) is 7.51. The second-order valence-corrected chi connectivity index (χ2v) is 5.25. The van der Waals surface area contributed by atoms with Crippen LogP contribution < -0.4 is 5.32 Å². The lowest BCUT2D eigenvalue weighted by atomic mass is 10.1. The van der Waals surface area contributed by atoms with E-state index in [2.05, 4.69) is 35.8 Å². The number of ether oxygens (including phenoxy) is 1. The number of anilines is 1. The Balaban J connectivity index is 1.70. The molecule has 1 aliphatic rings. The Morgan fingerprint density at radius 1 is 1.41 bits per heavy atom. The summed E-state index contributed by atoms with van der Waals surface area (Å²) in [4.78, 5) is 1.32. The predicted molar refractivity (Wildman–Crippen MR) is 74.9 cm³/mol. The molecule has 1 N–H and O–H groups in total. The van der Waals surface area contributed by atoms with Crippen molar-refractivity contribution >= 4 is 17.4 Å². The fourth-order valence-electron chi connectivity index (χ4n) is 2.22. The van der Waals surface area contributed by atoms with Gasteiger partial charge in [0.1, 0.15) is 0 Å².